The fourth-order valence-electron chi connectivity index (χ4n) is 1.94. The van der Waals surface area contributed by atoms with Crippen LogP contribution in [0.25, 0.3) is 10.1 Å². The van der Waals surface area contributed by atoms with Crippen molar-refractivity contribution in [1.82, 2.24) is 10.2 Å². The van der Waals surface area contributed by atoms with Gasteiger partial charge in [0.25, 0.3) is 5.91 Å². The highest BCUT2D eigenvalue weighted by atomic mass is 35.5. The van der Waals surface area contributed by atoms with Gasteiger partial charge in [-0.3, -0.25) is 10.1 Å². The van der Waals surface area contributed by atoms with E-state index in [4.69, 9.17) is 11.6 Å². The number of thioether (sulfide) groups is 1. The number of benzene rings is 1. The normalized spacial score (nSPS) is 11.0. The van der Waals surface area contributed by atoms with Crippen LogP contribution in [0.15, 0.2) is 28.6 Å². The third-order valence-corrected chi connectivity index (χ3v) is 6.82. The Morgan fingerprint density at radius 1 is 1.30 bits per heavy atom. The molecule has 1 amide bonds. The molecule has 8 heteroatoms. The second-order valence-corrected chi connectivity index (χ2v) is 8.52. The third-order valence-electron chi connectivity index (χ3n) is 3.09. The smallest absolute Gasteiger partial charge is 0.269 e. The summed E-state index contributed by atoms with van der Waals surface area (Å²) in [7, 11) is 0. The molecule has 0 aliphatic rings. The molecule has 2 aromatic heterocycles. The summed E-state index contributed by atoms with van der Waals surface area (Å²) in [5, 5.41) is 12.8. The van der Waals surface area contributed by atoms with Gasteiger partial charge in [-0.25, -0.2) is 0 Å². The van der Waals surface area contributed by atoms with Gasteiger partial charge in [0.2, 0.25) is 5.13 Å². The number of amides is 1. The third kappa shape index (κ3) is 3.85. The minimum Gasteiger partial charge on any atom is -0.296 e. The van der Waals surface area contributed by atoms with E-state index in [1.54, 1.807) is 11.8 Å². The van der Waals surface area contributed by atoms with Crippen LogP contribution in [0.2, 0.25) is 5.02 Å². The summed E-state index contributed by atoms with van der Waals surface area (Å²) in [5.74, 6) is 0.777. The fraction of sp³-hybridized carbons (Fsp3) is 0.267. The van der Waals surface area contributed by atoms with E-state index in [1.165, 1.54) is 22.7 Å². The zero-order valence-electron chi connectivity index (χ0n) is 12.3. The van der Waals surface area contributed by atoms with Crippen LogP contribution in [-0.2, 0) is 0 Å². The number of carbonyl (C=O) groups excluding carboxylic acids is 1. The van der Waals surface area contributed by atoms with E-state index in [0.717, 1.165) is 33.0 Å². The number of hydrogen-bond donors (Lipinski definition) is 1. The first-order chi connectivity index (χ1) is 11.2. The standard InChI is InChI=1S/C15H14ClN3OS3/c1-2-3-8-21-15-19-18-14(23-15)17-13(20)12-11(16)9-6-4-5-7-10(9)22-12/h4-7H,2-3,8H2,1H3,(H,17,18,20). The van der Waals surface area contributed by atoms with Crippen molar-refractivity contribution in [3.05, 3.63) is 34.2 Å². The average Bonchev–Trinajstić information content (AvgIpc) is 3.13. The van der Waals surface area contributed by atoms with E-state index >= 15 is 0 Å². The van der Waals surface area contributed by atoms with Gasteiger partial charge in [0.15, 0.2) is 4.34 Å². The molecule has 0 aliphatic carbocycles. The van der Waals surface area contributed by atoms with Gasteiger partial charge in [-0.05, 0) is 12.5 Å². The van der Waals surface area contributed by atoms with Gasteiger partial charge in [-0.1, -0.05) is 66.2 Å². The van der Waals surface area contributed by atoms with E-state index in [-0.39, 0.29) is 5.91 Å². The van der Waals surface area contributed by atoms with Crippen molar-refractivity contribution in [1.29, 1.82) is 0 Å². The number of aromatic nitrogens is 2. The van der Waals surface area contributed by atoms with E-state index in [1.807, 2.05) is 24.3 Å². The highest BCUT2D eigenvalue weighted by molar-refractivity contribution is 8.01. The van der Waals surface area contributed by atoms with Crippen molar-refractivity contribution in [2.75, 3.05) is 11.1 Å². The number of halogens is 1. The predicted molar refractivity (Wildman–Crippen MR) is 100 cm³/mol. The van der Waals surface area contributed by atoms with Gasteiger partial charge < -0.3 is 0 Å². The summed E-state index contributed by atoms with van der Waals surface area (Å²) in [6.45, 7) is 2.15. The molecule has 3 aromatic rings. The Balaban J connectivity index is 1.72. The lowest BCUT2D eigenvalue weighted by Crippen LogP contribution is -2.10. The molecule has 3 rings (SSSR count). The van der Waals surface area contributed by atoms with Crippen LogP contribution in [0.1, 0.15) is 29.4 Å². The molecule has 0 aliphatic heterocycles. The molecular weight excluding hydrogens is 370 g/mol. The van der Waals surface area contributed by atoms with E-state index in [0.29, 0.717) is 15.0 Å². The predicted octanol–water partition coefficient (Wildman–Crippen LogP) is 5.55. The lowest BCUT2D eigenvalue weighted by atomic mass is 10.2. The number of unbranched alkanes of at least 4 members (excludes halogenated alkanes) is 1. The molecule has 4 nitrogen and oxygen atoms in total. The first kappa shape index (κ1) is 16.7. The number of thiophene rings is 1. The number of fused-ring (bicyclic) bond motifs is 1. The molecule has 0 fully saturated rings. The molecule has 120 valence electrons. The van der Waals surface area contributed by atoms with Crippen LogP contribution in [0.5, 0.6) is 0 Å². The molecule has 0 bridgehead atoms. The van der Waals surface area contributed by atoms with E-state index < -0.39 is 0 Å². The Labute approximate surface area is 151 Å². The average molecular weight is 384 g/mol. The number of rotatable bonds is 6. The SMILES string of the molecule is CCCCSc1nnc(NC(=O)c2sc3ccccc3c2Cl)s1. The number of nitrogens with zero attached hydrogens (tertiary/aromatic N) is 2. The molecule has 0 saturated heterocycles. The van der Waals surface area contributed by atoms with E-state index in [9.17, 15) is 4.79 Å². The maximum atomic E-state index is 12.4. The highest BCUT2D eigenvalue weighted by Crippen LogP contribution is 2.36. The second-order valence-electron chi connectivity index (χ2n) is 4.77. The first-order valence-electron chi connectivity index (χ1n) is 7.13. The van der Waals surface area contributed by atoms with Crippen LogP contribution in [0.4, 0.5) is 5.13 Å². The van der Waals surface area contributed by atoms with Crippen molar-refractivity contribution in [2.45, 2.75) is 24.1 Å². The number of hydrogen-bond acceptors (Lipinski definition) is 6. The zero-order valence-corrected chi connectivity index (χ0v) is 15.5. The summed E-state index contributed by atoms with van der Waals surface area (Å²) in [5.41, 5.74) is 0. The van der Waals surface area contributed by atoms with Crippen molar-refractivity contribution >= 4 is 67.2 Å². The minimum absolute atomic E-state index is 0.238. The van der Waals surface area contributed by atoms with Gasteiger partial charge in [0, 0.05) is 15.8 Å². The van der Waals surface area contributed by atoms with Gasteiger partial charge in [0.05, 0.1) is 5.02 Å². The summed E-state index contributed by atoms with van der Waals surface area (Å²) in [6.07, 6.45) is 2.29. The number of nitrogens with one attached hydrogen (secondary N) is 1. The maximum Gasteiger partial charge on any atom is 0.269 e. The molecule has 0 saturated carbocycles. The maximum absolute atomic E-state index is 12.4. The summed E-state index contributed by atoms with van der Waals surface area (Å²) < 4.78 is 1.87. The van der Waals surface area contributed by atoms with Gasteiger partial charge in [0.1, 0.15) is 4.88 Å². The molecule has 2 heterocycles. The molecule has 0 spiro atoms. The monoisotopic (exact) mass is 383 g/mol. The topological polar surface area (TPSA) is 54.9 Å². The van der Waals surface area contributed by atoms with Crippen LogP contribution in [0, 0.1) is 0 Å². The second kappa shape index (κ2) is 7.61. The highest BCUT2D eigenvalue weighted by Gasteiger charge is 2.18. The zero-order chi connectivity index (χ0) is 16.2. The Hall–Kier alpha value is -1.15. The molecular formula is C15H14ClN3OS3. The summed E-state index contributed by atoms with van der Waals surface area (Å²) in [4.78, 5) is 12.9. The number of carbonyl (C=O) groups is 1. The molecule has 1 N–H and O–H groups in total. The van der Waals surface area contributed by atoms with Crippen molar-refractivity contribution in [2.24, 2.45) is 0 Å². The van der Waals surface area contributed by atoms with Gasteiger partial charge in [-0.2, -0.15) is 0 Å². The first-order valence-corrected chi connectivity index (χ1v) is 10.1. The van der Waals surface area contributed by atoms with Gasteiger partial charge in [-0.15, -0.1) is 21.5 Å². The quantitative estimate of drug-likeness (QED) is 0.344. The Bertz CT molecular complexity index is 830. The van der Waals surface area contributed by atoms with Crippen LogP contribution >= 0.6 is 46.0 Å². The van der Waals surface area contributed by atoms with Crippen LogP contribution in [0.3, 0.4) is 0 Å². The Kier molecular flexibility index (Phi) is 5.53. The molecule has 0 unspecified atom stereocenters. The van der Waals surface area contributed by atoms with Crippen LogP contribution in [-0.4, -0.2) is 21.9 Å². The minimum atomic E-state index is -0.238. The molecule has 0 atom stereocenters. The molecule has 1 aromatic carbocycles. The Morgan fingerprint density at radius 2 is 2.13 bits per heavy atom. The largest absolute Gasteiger partial charge is 0.296 e. The van der Waals surface area contributed by atoms with Crippen molar-refractivity contribution in [3.8, 4) is 0 Å². The number of anilines is 1. The van der Waals surface area contributed by atoms with Crippen molar-refractivity contribution in [3.63, 3.8) is 0 Å². The lowest BCUT2D eigenvalue weighted by molar-refractivity contribution is 0.103. The molecule has 0 radical (unpaired) electrons. The van der Waals surface area contributed by atoms with Gasteiger partial charge >= 0.3 is 0 Å². The van der Waals surface area contributed by atoms with E-state index in [2.05, 4.69) is 22.4 Å². The van der Waals surface area contributed by atoms with Crippen molar-refractivity contribution < 1.29 is 4.79 Å². The Morgan fingerprint density at radius 3 is 2.91 bits per heavy atom. The van der Waals surface area contributed by atoms with Crippen LogP contribution < -0.4 is 5.32 Å². The summed E-state index contributed by atoms with van der Waals surface area (Å²) >= 11 is 10.8. The molecule has 23 heavy (non-hydrogen) atoms. The fourth-order valence-corrected chi connectivity index (χ4v) is 5.25. The summed E-state index contributed by atoms with van der Waals surface area (Å²) in [6, 6.07) is 7.71. The lowest BCUT2D eigenvalue weighted by Gasteiger charge is -1.98.